The van der Waals surface area contributed by atoms with E-state index in [1.165, 1.54) is 6.92 Å². The molecule has 1 aromatic rings. The molecule has 0 saturated heterocycles. The number of carboxylic acids is 1. The number of rotatable bonds is 3. The first kappa shape index (κ1) is 13.8. The maximum atomic E-state index is 10.4. The molecule has 0 fully saturated rings. The van der Waals surface area contributed by atoms with Crippen LogP contribution in [-0.2, 0) is 4.79 Å². The zero-order valence-electron chi connectivity index (χ0n) is 9.03. The number of halogens is 1. The Balaban J connectivity index is 0. The smallest absolute Gasteiger partial charge is 1.00 e. The van der Waals surface area contributed by atoms with Crippen LogP contribution in [0.1, 0.15) is 8.35 Å². The Morgan fingerprint density at radius 3 is 2.43 bits per heavy atom. The minimum Gasteiger partial charge on any atom is -1.00 e. The van der Waals surface area contributed by atoms with Crippen molar-refractivity contribution in [2.45, 2.75) is 13.0 Å². The summed E-state index contributed by atoms with van der Waals surface area (Å²) in [6.45, 7) is 1.47. The summed E-state index contributed by atoms with van der Waals surface area (Å²) in [5, 5.41) is 9.14. The number of hydrogen-bond donors (Lipinski definition) is 1. The SMILES string of the molecule is CC(Oc1ccc(Cl)cc1)C(=O)O.[H-].[Na+]. The maximum Gasteiger partial charge on any atom is 1.00 e. The van der Waals surface area contributed by atoms with Gasteiger partial charge in [-0.05, 0) is 31.2 Å². The minimum absolute atomic E-state index is 0. The summed E-state index contributed by atoms with van der Waals surface area (Å²) in [5.74, 6) is -0.491. The molecule has 0 bridgehead atoms. The van der Waals surface area contributed by atoms with E-state index in [4.69, 9.17) is 21.4 Å². The van der Waals surface area contributed by atoms with Crippen LogP contribution in [0, 0.1) is 0 Å². The summed E-state index contributed by atoms with van der Waals surface area (Å²) in [6.07, 6.45) is -0.846. The molecule has 5 heteroatoms. The number of carbonyl (C=O) groups is 1. The van der Waals surface area contributed by atoms with E-state index >= 15 is 0 Å². The molecule has 0 saturated carbocycles. The van der Waals surface area contributed by atoms with Crippen molar-refractivity contribution in [3.8, 4) is 5.75 Å². The van der Waals surface area contributed by atoms with Gasteiger partial charge in [0.1, 0.15) is 5.75 Å². The molecular weight excluding hydrogens is 215 g/mol. The molecule has 1 rings (SSSR count). The van der Waals surface area contributed by atoms with Gasteiger partial charge in [-0.15, -0.1) is 0 Å². The molecule has 1 atom stereocenters. The molecule has 0 aliphatic heterocycles. The Kier molecular flexibility index (Phi) is 6.20. The Morgan fingerprint density at radius 2 is 2.00 bits per heavy atom. The molecule has 72 valence electrons. The zero-order valence-corrected chi connectivity index (χ0v) is 10.8. The predicted octanol–water partition coefficient (Wildman–Crippen LogP) is -0.692. The van der Waals surface area contributed by atoms with Crippen LogP contribution in [0.2, 0.25) is 5.02 Å². The minimum atomic E-state index is -0.991. The molecule has 14 heavy (non-hydrogen) atoms. The van der Waals surface area contributed by atoms with Gasteiger partial charge in [-0.3, -0.25) is 0 Å². The average molecular weight is 225 g/mol. The molecule has 0 aliphatic carbocycles. The van der Waals surface area contributed by atoms with Gasteiger partial charge in [-0.25, -0.2) is 4.79 Å². The normalized spacial score (nSPS) is 11.3. The summed E-state index contributed by atoms with van der Waals surface area (Å²) in [5.41, 5.74) is 0. The van der Waals surface area contributed by atoms with Gasteiger partial charge in [0.25, 0.3) is 0 Å². The summed E-state index contributed by atoms with van der Waals surface area (Å²) >= 11 is 5.64. The molecule has 0 amide bonds. The van der Waals surface area contributed by atoms with Gasteiger partial charge >= 0.3 is 35.5 Å². The van der Waals surface area contributed by atoms with Crippen LogP contribution in [0.3, 0.4) is 0 Å². The first-order valence-electron chi connectivity index (χ1n) is 3.74. The van der Waals surface area contributed by atoms with Crippen LogP contribution < -0.4 is 34.3 Å². The molecule has 1 N–H and O–H groups in total. The van der Waals surface area contributed by atoms with Gasteiger partial charge in [0, 0.05) is 5.02 Å². The third kappa shape index (κ3) is 4.33. The monoisotopic (exact) mass is 224 g/mol. The van der Waals surface area contributed by atoms with Crippen molar-refractivity contribution in [2.75, 3.05) is 0 Å². The van der Waals surface area contributed by atoms with Gasteiger partial charge in [-0.1, -0.05) is 11.6 Å². The van der Waals surface area contributed by atoms with E-state index in [1.807, 2.05) is 0 Å². The van der Waals surface area contributed by atoms with Crippen molar-refractivity contribution < 1.29 is 45.6 Å². The van der Waals surface area contributed by atoms with Crippen LogP contribution in [0.5, 0.6) is 5.75 Å². The maximum absolute atomic E-state index is 10.4. The topological polar surface area (TPSA) is 46.5 Å². The number of ether oxygens (including phenoxy) is 1. The van der Waals surface area contributed by atoms with Crippen molar-refractivity contribution in [2.24, 2.45) is 0 Å². The first-order valence-corrected chi connectivity index (χ1v) is 4.12. The molecule has 0 aromatic heterocycles. The quantitative estimate of drug-likeness (QED) is 0.692. The van der Waals surface area contributed by atoms with E-state index in [9.17, 15) is 4.79 Å². The van der Waals surface area contributed by atoms with E-state index in [0.29, 0.717) is 10.8 Å². The third-order valence-electron chi connectivity index (χ3n) is 1.47. The van der Waals surface area contributed by atoms with Crippen LogP contribution >= 0.6 is 11.6 Å². The molecule has 0 radical (unpaired) electrons. The molecule has 1 aromatic carbocycles. The summed E-state index contributed by atoms with van der Waals surface area (Å²) < 4.78 is 5.07. The van der Waals surface area contributed by atoms with Crippen LogP contribution in [-0.4, -0.2) is 17.2 Å². The summed E-state index contributed by atoms with van der Waals surface area (Å²) in [6, 6.07) is 6.54. The Morgan fingerprint density at radius 1 is 1.50 bits per heavy atom. The Bertz CT molecular complexity index is 305. The fourth-order valence-corrected chi connectivity index (χ4v) is 0.894. The summed E-state index contributed by atoms with van der Waals surface area (Å²) in [7, 11) is 0. The Labute approximate surface area is 111 Å². The second kappa shape index (κ2) is 6.30. The zero-order chi connectivity index (χ0) is 9.84. The van der Waals surface area contributed by atoms with Crippen molar-refractivity contribution >= 4 is 17.6 Å². The van der Waals surface area contributed by atoms with Gasteiger partial charge in [0.05, 0.1) is 0 Å². The third-order valence-corrected chi connectivity index (χ3v) is 1.73. The largest absolute Gasteiger partial charge is 1.00 e. The van der Waals surface area contributed by atoms with Gasteiger partial charge < -0.3 is 11.3 Å². The molecule has 0 heterocycles. The van der Waals surface area contributed by atoms with E-state index in [-0.39, 0.29) is 31.0 Å². The second-order valence-corrected chi connectivity index (χ2v) is 2.99. The Hall–Kier alpha value is -0.220. The average Bonchev–Trinajstić information content (AvgIpc) is 2.08. The van der Waals surface area contributed by atoms with Crippen molar-refractivity contribution in [3.05, 3.63) is 29.3 Å². The van der Waals surface area contributed by atoms with Gasteiger partial charge in [0.15, 0.2) is 6.10 Å². The van der Waals surface area contributed by atoms with Crippen molar-refractivity contribution in [1.29, 1.82) is 0 Å². The molecule has 1 unspecified atom stereocenters. The fraction of sp³-hybridized carbons (Fsp3) is 0.222. The number of benzene rings is 1. The van der Waals surface area contributed by atoms with E-state index in [1.54, 1.807) is 24.3 Å². The van der Waals surface area contributed by atoms with Gasteiger partial charge in [-0.2, -0.15) is 0 Å². The predicted molar refractivity (Wildman–Crippen MR) is 50.3 cm³/mol. The van der Waals surface area contributed by atoms with Crippen molar-refractivity contribution in [3.63, 3.8) is 0 Å². The number of hydrogen-bond acceptors (Lipinski definition) is 2. The number of carboxylic acid groups (broad SMARTS) is 1. The molecule has 0 spiro atoms. The van der Waals surface area contributed by atoms with Crippen LogP contribution in [0.25, 0.3) is 0 Å². The van der Waals surface area contributed by atoms with E-state index in [2.05, 4.69) is 0 Å². The fourth-order valence-electron chi connectivity index (χ4n) is 0.768. The van der Waals surface area contributed by atoms with E-state index < -0.39 is 12.1 Å². The van der Waals surface area contributed by atoms with E-state index in [0.717, 1.165) is 0 Å². The molecular formula is C9H10ClNaO3. The standard InChI is InChI=1S/C9H9ClO3.Na.H/c1-6(9(11)12)13-8-4-2-7(10)3-5-8;;/h2-6H,1H3,(H,11,12);;/q;+1;-1. The molecule has 3 nitrogen and oxygen atoms in total. The van der Waals surface area contributed by atoms with Crippen molar-refractivity contribution in [1.82, 2.24) is 0 Å². The second-order valence-electron chi connectivity index (χ2n) is 2.55. The summed E-state index contributed by atoms with van der Waals surface area (Å²) in [4.78, 5) is 10.4. The number of aliphatic carboxylic acids is 1. The molecule has 0 aliphatic rings. The van der Waals surface area contributed by atoms with Crippen LogP contribution in [0.4, 0.5) is 0 Å². The van der Waals surface area contributed by atoms with Crippen LogP contribution in [0.15, 0.2) is 24.3 Å². The van der Waals surface area contributed by atoms with Gasteiger partial charge in [0.2, 0.25) is 0 Å². The first-order chi connectivity index (χ1) is 6.09.